The summed E-state index contributed by atoms with van der Waals surface area (Å²) in [4.78, 5) is 12.2. The number of hydrogen-bond donors (Lipinski definition) is 2. The summed E-state index contributed by atoms with van der Waals surface area (Å²) in [6.45, 7) is 2.95. The molecule has 134 valence electrons. The number of aromatic nitrogens is 2. The quantitative estimate of drug-likeness (QED) is 0.717. The fraction of sp³-hybridized carbons (Fsp3) is 0.500. The summed E-state index contributed by atoms with van der Waals surface area (Å²) in [7, 11) is 0. The minimum atomic E-state index is 0.0951. The molecule has 0 aliphatic heterocycles. The molecule has 1 fully saturated rings. The van der Waals surface area contributed by atoms with Gasteiger partial charge in [-0.1, -0.05) is 73.2 Å². The first-order valence-electron chi connectivity index (χ1n) is 8.74. The van der Waals surface area contributed by atoms with E-state index in [1.165, 1.54) is 47.9 Å². The Morgan fingerprint density at radius 1 is 1.24 bits per heavy atom. The van der Waals surface area contributed by atoms with Crippen LogP contribution in [0.15, 0.2) is 34.7 Å². The Morgan fingerprint density at radius 3 is 2.84 bits per heavy atom. The molecule has 3 rings (SSSR count). The summed E-state index contributed by atoms with van der Waals surface area (Å²) in [6, 6.07) is 10.5. The second kappa shape index (κ2) is 9.20. The van der Waals surface area contributed by atoms with Crippen molar-refractivity contribution in [1.82, 2.24) is 15.5 Å². The SMILES string of the molecule is C[C@H]1CCCC[C@H]1NC(=O)CSc1nnc(NCc2ccccc2)s1. The van der Waals surface area contributed by atoms with Gasteiger partial charge in [-0.3, -0.25) is 4.79 Å². The maximum absolute atomic E-state index is 12.2. The highest BCUT2D eigenvalue weighted by molar-refractivity contribution is 8.01. The van der Waals surface area contributed by atoms with Gasteiger partial charge in [-0.05, 0) is 24.3 Å². The van der Waals surface area contributed by atoms with Crippen LogP contribution in [0.4, 0.5) is 5.13 Å². The average molecular weight is 377 g/mol. The topological polar surface area (TPSA) is 66.9 Å². The van der Waals surface area contributed by atoms with Crippen molar-refractivity contribution < 1.29 is 4.79 Å². The maximum atomic E-state index is 12.2. The zero-order valence-corrected chi connectivity index (χ0v) is 16.0. The van der Waals surface area contributed by atoms with Gasteiger partial charge in [0, 0.05) is 12.6 Å². The lowest BCUT2D eigenvalue weighted by molar-refractivity contribution is -0.119. The van der Waals surface area contributed by atoms with E-state index in [0.29, 0.717) is 17.7 Å². The lowest BCUT2D eigenvalue weighted by atomic mass is 9.86. The molecule has 0 radical (unpaired) electrons. The molecule has 1 amide bonds. The Hall–Kier alpha value is -1.60. The zero-order valence-electron chi connectivity index (χ0n) is 14.4. The van der Waals surface area contributed by atoms with Gasteiger partial charge in [0.1, 0.15) is 0 Å². The number of rotatable bonds is 7. The second-order valence-corrected chi connectivity index (χ2v) is 8.64. The Kier molecular flexibility index (Phi) is 6.69. The Balaban J connectivity index is 1.41. The van der Waals surface area contributed by atoms with Gasteiger partial charge in [0.25, 0.3) is 0 Å². The van der Waals surface area contributed by atoms with Crippen molar-refractivity contribution in [2.45, 2.75) is 49.5 Å². The van der Waals surface area contributed by atoms with Crippen molar-refractivity contribution in [3.8, 4) is 0 Å². The fourth-order valence-corrected chi connectivity index (χ4v) is 4.58. The maximum Gasteiger partial charge on any atom is 0.230 e. The predicted molar refractivity (Wildman–Crippen MR) is 104 cm³/mol. The summed E-state index contributed by atoms with van der Waals surface area (Å²) in [5.41, 5.74) is 1.20. The van der Waals surface area contributed by atoms with Gasteiger partial charge in [-0.15, -0.1) is 10.2 Å². The largest absolute Gasteiger partial charge is 0.356 e. The molecule has 1 aliphatic rings. The van der Waals surface area contributed by atoms with E-state index >= 15 is 0 Å². The van der Waals surface area contributed by atoms with E-state index in [0.717, 1.165) is 22.4 Å². The molecular weight excluding hydrogens is 352 g/mol. The summed E-state index contributed by atoms with van der Waals surface area (Å²) in [6.07, 6.45) is 4.82. The van der Waals surface area contributed by atoms with Crippen molar-refractivity contribution in [1.29, 1.82) is 0 Å². The smallest absolute Gasteiger partial charge is 0.230 e. The third kappa shape index (κ3) is 5.71. The Bertz CT molecular complexity index is 677. The molecule has 2 N–H and O–H groups in total. The monoisotopic (exact) mass is 376 g/mol. The van der Waals surface area contributed by atoms with E-state index in [4.69, 9.17) is 0 Å². The number of hydrogen-bond acceptors (Lipinski definition) is 6. The molecule has 0 spiro atoms. The molecule has 5 nitrogen and oxygen atoms in total. The van der Waals surface area contributed by atoms with E-state index in [1.807, 2.05) is 18.2 Å². The van der Waals surface area contributed by atoms with Gasteiger partial charge in [-0.2, -0.15) is 0 Å². The molecule has 1 aromatic heterocycles. The standard InChI is InChI=1S/C18H24N4OS2/c1-13-7-5-6-10-15(13)20-16(23)12-24-18-22-21-17(25-18)19-11-14-8-3-2-4-9-14/h2-4,8-9,13,15H,5-7,10-12H2,1H3,(H,19,21)(H,20,23)/t13-,15+/m0/s1. The third-order valence-electron chi connectivity index (χ3n) is 4.48. The molecular formula is C18H24N4OS2. The molecule has 2 aromatic rings. The van der Waals surface area contributed by atoms with Gasteiger partial charge in [-0.25, -0.2) is 0 Å². The molecule has 1 saturated carbocycles. The summed E-state index contributed by atoms with van der Waals surface area (Å²) in [5, 5.41) is 15.5. The normalized spacial score (nSPS) is 20.2. The number of amides is 1. The minimum absolute atomic E-state index is 0.0951. The summed E-state index contributed by atoms with van der Waals surface area (Å²) in [5.74, 6) is 1.08. The molecule has 1 heterocycles. The minimum Gasteiger partial charge on any atom is -0.356 e. The molecule has 7 heteroatoms. The van der Waals surface area contributed by atoms with E-state index in [2.05, 4.69) is 39.9 Å². The van der Waals surface area contributed by atoms with Gasteiger partial charge in [0.2, 0.25) is 11.0 Å². The van der Waals surface area contributed by atoms with E-state index in [9.17, 15) is 4.79 Å². The molecule has 0 saturated heterocycles. The number of thioether (sulfide) groups is 1. The van der Waals surface area contributed by atoms with Crippen LogP contribution in [0.2, 0.25) is 0 Å². The van der Waals surface area contributed by atoms with Crippen LogP contribution < -0.4 is 10.6 Å². The van der Waals surface area contributed by atoms with Crippen LogP contribution in [-0.2, 0) is 11.3 Å². The Labute approximate surface area is 157 Å². The average Bonchev–Trinajstić information content (AvgIpc) is 3.09. The lowest BCUT2D eigenvalue weighted by Crippen LogP contribution is -2.41. The fourth-order valence-electron chi connectivity index (χ4n) is 3.02. The van der Waals surface area contributed by atoms with Crippen LogP contribution in [0, 0.1) is 5.92 Å². The number of benzene rings is 1. The van der Waals surface area contributed by atoms with E-state index < -0.39 is 0 Å². The molecule has 1 aliphatic carbocycles. The van der Waals surface area contributed by atoms with Crippen LogP contribution in [0.25, 0.3) is 0 Å². The number of anilines is 1. The highest BCUT2D eigenvalue weighted by atomic mass is 32.2. The van der Waals surface area contributed by atoms with Crippen molar-refractivity contribution in [3.63, 3.8) is 0 Å². The first-order valence-corrected chi connectivity index (χ1v) is 10.5. The lowest BCUT2D eigenvalue weighted by Gasteiger charge is -2.29. The summed E-state index contributed by atoms with van der Waals surface area (Å²) < 4.78 is 0.822. The van der Waals surface area contributed by atoms with Gasteiger partial charge in [0.05, 0.1) is 5.75 Å². The zero-order chi connectivity index (χ0) is 17.5. The predicted octanol–water partition coefficient (Wildman–Crippen LogP) is 3.94. The number of carbonyl (C=O) groups is 1. The first kappa shape index (κ1) is 18.2. The molecule has 0 unspecified atom stereocenters. The van der Waals surface area contributed by atoms with Gasteiger partial charge < -0.3 is 10.6 Å². The van der Waals surface area contributed by atoms with Crippen LogP contribution in [-0.4, -0.2) is 27.9 Å². The van der Waals surface area contributed by atoms with Crippen LogP contribution in [0.3, 0.4) is 0 Å². The highest BCUT2D eigenvalue weighted by Gasteiger charge is 2.22. The highest BCUT2D eigenvalue weighted by Crippen LogP contribution is 2.27. The number of nitrogens with zero attached hydrogens (tertiary/aromatic N) is 2. The van der Waals surface area contributed by atoms with E-state index in [-0.39, 0.29) is 5.91 Å². The van der Waals surface area contributed by atoms with Crippen molar-refractivity contribution in [2.24, 2.45) is 5.92 Å². The molecule has 1 aromatic carbocycles. The second-order valence-electron chi connectivity index (χ2n) is 6.44. The molecule has 2 atom stereocenters. The molecule has 0 bridgehead atoms. The van der Waals surface area contributed by atoms with Gasteiger partial charge >= 0.3 is 0 Å². The van der Waals surface area contributed by atoms with Crippen LogP contribution >= 0.6 is 23.1 Å². The van der Waals surface area contributed by atoms with Crippen molar-refractivity contribution >= 4 is 34.1 Å². The van der Waals surface area contributed by atoms with Crippen molar-refractivity contribution in [2.75, 3.05) is 11.1 Å². The van der Waals surface area contributed by atoms with Crippen LogP contribution in [0.1, 0.15) is 38.2 Å². The molecule has 25 heavy (non-hydrogen) atoms. The number of carbonyl (C=O) groups excluding carboxylic acids is 1. The summed E-state index contributed by atoms with van der Waals surface area (Å²) >= 11 is 2.94. The third-order valence-corrected chi connectivity index (χ3v) is 6.49. The van der Waals surface area contributed by atoms with Gasteiger partial charge in [0.15, 0.2) is 4.34 Å². The number of nitrogens with one attached hydrogen (secondary N) is 2. The van der Waals surface area contributed by atoms with E-state index in [1.54, 1.807) is 0 Å². The van der Waals surface area contributed by atoms with Crippen LogP contribution in [0.5, 0.6) is 0 Å². The Morgan fingerprint density at radius 2 is 2.04 bits per heavy atom. The van der Waals surface area contributed by atoms with Crippen molar-refractivity contribution in [3.05, 3.63) is 35.9 Å². The first-order chi connectivity index (χ1) is 12.2.